The summed E-state index contributed by atoms with van der Waals surface area (Å²) < 4.78 is 18.1. The number of nitrogens with zero attached hydrogens (tertiary/aromatic N) is 2. The molecule has 0 bridgehead atoms. The fraction of sp³-hybridized carbons (Fsp3) is 0. The lowest BCUT2D eigenvalue weighted by Gasteiger charge is -2.12. The Labute approximate surface area is 377 Å². The summed E-state index contributed by atoms with van der Waals surface area (Å²) >= 11 is 0. The van der Waals surface area contributed by atoms with Crippen molar-refractivity contribution in [3.05, 3.63) is 218 Å². The Morgan fingerprint density at radius 1 is 0.273 bits per heavy atom. The summed E-state index contributed by atoms with van der Waals surface area (Å²) in [6.07, 6.45) is 0. The van der Waals surface area contributed by atoms with Crippen LogP contribution < -0.4 is 0 Å². The summed E-state index contributed by atoms with van der Waals surface area (Å²) in [5.74, 6) is 0. The van der Waals surface area contributed by atoms with Gasteiger partial charge in [-0.15, -0.1) is 0 Å². The number of fused-ring (bicyclic) bond motifs is 15. The van der Waals surface area contributed by atoms with E-state index in [1.54, 1.807) is 0 Å². The van der Waals surface area contributed by atoms with Gasteiger partial charge in [-0.25, -0.2) is 0 Å². The molecular weight excluding hydrogens is 805 g/mol. The average Bonchev–Trinajstić information content (AvgIpc) is 4.13. The van der Waals surface area contributed by atoms with Gasteiger partial charge in [0.25, 0.3) is 0 Å². The SMILES string of the molecule is c1ccc2c(-n3c4ccc(-c5ccc6c(c5)c5c7ccccc7ccc5n6-c5cccc6c5oc5ccccc56)cc4c4cc(-c5cccc6c5oc5ccccc56)ccc43)cccc2c1. The topological polar surface area (TPSA) is 36.1 Å². The van der Waals surface area contributed by atoms with Crippen molar-refractivity contribution in [2.45, 2.75) is 0 Å². The number of aromatic nitrogens is 2. The normalized spacial score (nSPS) is 12.2. The van der Waals surface area contributed by atoms with Crippen LogP contribution in [0.25, 0.3) is 143 Å². The van der Waals surface area contributed by atoms with Gasteiger partial charge in [-0.2, -0.15) is 0 Å². The summed E-state index contributed by atoms with van der Waals surface area (Å²) in [6, 6.07) is 79.1. The Hall–Kier alpha value is -8.86. The van der Waals surface area contributed by atoms with E-state index in [1.165, 1.54) is 43.1 Å². The predicted molar refractivity (Wildman–Crippen MR) is 276 cm³/mol. The molecule has 0 aliphatic rings. The molecule has 306 valence electrons. The lowest BCUT2D eigenvalue weighted by atomic mass is 9.98. The first-order valence-corrected chi connectivity index (χ1v) is 22.6. The van der Waals surface area contributed by atoms with Crippen molar-refractivity contribution in [2.24, 2.45) is 0 Å². The van der Waals surface area contributed by atoms with Crippen molar-refractivity contribution in [3.63, 3.8) is 0 Å². The number of benzene rings is 11. The van der Waals surface area contributed by atoms with Gasteiger partial charge in [0.1, 0.15) is 16.7 Å². The molecule has 15 aromatic rings. The first kappa shape index (κ1) is 35.6. The van der Waals surface area contributed by atoms with E-state index in [9.17, 15) is 0 Å². The molecule has 0 aliphatic heterocycles. The molecule has 15 rings (SSSR count). The molecule has 0 saturated carbocycles. The van der Waals surface area contributed by atoms with Crippen LogP contribution in [0.5, 0.6) is 0 Å². The first-order chi connectivity index (χ1) is 32.7. The molecule has 0 aliphatic carbocycles. The van der Waals surface area contributed by atoms with E-state index in [2.05, 4.69) is 215 Å². The second kappa shape index (κ2) is 13.3. The molecule has 0 radical (unpaired) electrons. The van der Waals surface area contributed by atoms with Crippen molar-refractivity contribution >= 4 is 109 Å². The maximum atomic E-state index is 6.66. The van der Waals surface area contributed by atoms with E-state index in [-0.39, 0.29) is 0 Å². The number of furan rings is 2. The minimum absolute atomic E-state index is 0.888. The van der Waals surface area contributed by atoms with Gasteiger partial charge in [0.05, 0.1) is 33.4 Å². The highest BCUT2D eigenvalue weighted by Crippen LogP contribution is 2.44. The largest absolute Gasteiger partial charge is 0.455 e. The Bertz CT molecular complexity index is 4530. The molecule has 0 spiro atoms. The minimum Gasteiger partial charge on any atom is -0.455 e. The zero-order valence-electron chi connectivity index (χ0n) is 35.5. The van der Waals surface area contributed by atoms with Gasteiger partial charge in [0.2, 0.25) is 0 Å². The van der Waals surface area contributed by atoms with Crippen LogP contribution >= 0.6 is 0 Å². The summed E-state index contributed by atoms with van der Waals surface area (Å²) in [7, 11) is 0. The molecule has 0 N–H and O–H groups in total. The smallest absolute Gasteiger partial charge is 0.159 e. The van der Waals surface area contributed by atoms with Crippen LogP contribution in [-0.4, -0.2) is 9.13 Å². The third-order valence-electron chi connectivity index (χ3n) is 14.1. The van der Waals surface area contributed by atoms with Crippen molar-refractivity contribution in [3.8, 4) is 33.6 Å². The number of hydrogen-bond acceptors (Lipinski definition) is 2. The average molecular weight is 841 g/mol. The fourth-order valence-electron chi connectivity index (χ4n) is 11.1. The highest BCUT2D eigenvalue weighted by Gasteiger charge is 2.22. The zero-order valence-corrected chi connectivity index (χ0v) is 35.5. The van der Waals surface area contributed by atoms with Crippen LogP contribution in [0.4, 0.5) is 0 Å². The molecular formula is C62H36N2O2. The highest BCUT2D eigenvalue weighted by molar-refractivity contribution is 6.23. The molecule has 4 heteroatoms. The second-order valence-corrected chi connectivity index (χ2v) is 17.6. The maximum absolute atomic E-state index is 6.66. The van der Waals surface area contributed by atoms with Crippen molar-refractivity contribution in [1.29, 1.82) is 0 Å². The summed E-state index contributed by atoms with van der Waals surface area (Å²) in [5, 5.41) is 14.2. The molecule has 66 heavy (non-hydrogen) atoms. The Balaban J connectivity index is 0.985. The summed E-state index contributed by atoms with van der Waals surface area (Å²) in [5.41, 5.74) is 14.9. The Morgan fingerprint density at radius 3 is 1.48 bits per heavy atom. The number of hydrogen-bond donors (Lipinski definition) is 0. The van der Waals surface area contributed by atoms with Gasteiger partial charge >= 0.3 is 0 Å². The van der Waals surface area contributed by atoms with E-state index in [0.717, 1.165) is 99.6 Å². The van der Waals surface area contributed by atoms with Gasteiger partial charge in [-0.05, 0) is 99.6 Å². The molecule has 0 atom stereocenters. The first-order valence-electron chi connectivity index (χ1n) is 22.6. The van der Waals surface area contributed by atoms with Crippen molar-refractivity contribution in [2.75, 3.05) is 0 Å². The van der Waals surface area contributed by atoms with Gasteiger partial charge in [0.15, 0.2) is 5.58 Å². The van der Waals surface area contributed by atoms with E-state index >= 15 is 0 Å². The van der Waals surface area contributed by atoms with Crippen LogP contribution in [0.15, 0.2) is 227 Å². The van der Waals surface area contributed by atoms with E-state index in [0.29, 0.717) is 0 Å². The molecule has 4 nitrogen and oxygen atoms in total. The van der Waals surface area contributed by atoms with Gasteiger partial charge in [-0.1, -0.05) is 152 Å². The summed E-state index contributed by atoms with van der Waals surface area (Å²) in [4.78, 5) is 0. The van der Waals surface area contributed by atoms with Gasteiger partial charge in [-0.3, -0.25) is 0 Å². The van der Waals surface area contributed by atoms with Gasteiger partial charge < -0.3 is 18.0 Å². The second-order valence-electron chi connectivity index (χ2n) is 17.6. The zero-order chi connectivity index (χ0) is 43.0. The van der Waals surface area contributed by atoms with Crippen LogP contribution in [0.1, 0.15) is 0 Å². The monoisotopic (exact) mass is 840 g/mol. The van der Waals surface area contributed by atoms with Crippen LogP contribution in [0.2, 0.25) is 0 Å². The lowest BCUT2D eigenvalue weighted by Crippen LogP contribution is -1.95. The van der Waals surface area contributed by atoms with E-state index < -0.39 is 0 Å². The third kappa shape index (κ3) is 4.93. The van der Waals surface area contributed by atoms with Crippen LogP contribution in [0, 0.1) is 0 Å². The van der Waals surface area contributed by atoms with Crippen LogP contribution in [0.3, 0.4) is 0 Å². The lowest BCUT2D eigenvalue weighted by molar-refractivity contribution is 0.666. The molecule has 0 saturated heterocycles. The summed E-state index contributed by atoms with van der Waals surface area (Å²) in [6.45, 7) is 0. The number of para-hydroxylation sites is 4. The van der Waals surface area contributed by atoms with Crippen LogP contribution in [-0.2, 0) is 0 Å². The molecule has 4 heterocycles. The Kier molecular flexibility index (Phi) is 7.19. The number of rotatable bonds is 4. The molecule has 0 fully saturated rings. The standard InChI is InChI=1S/C62H36N2O2/c1-3-15-42-37(12-1)14-9-22-52(42)63-53-30-27-39(34-49(53)50-36-41(29-32-54(50)63)44-19-10-20-47-45-17-5-7-24-58(45)65-61(44)47)40-28-31-55-51(35-40)60-43-16-4-2-13-38(43)26-33-56(60)64(55)57-23-11-21-48-46-18-6-8-25-59(46)66-62(48)57/h1-36H. The third-order valence-corrected chi connectivity index (χ3v) is 14.1. The molecule has 0 unspecified atom stereocenters. The van der Waals surface area contributed by atoms with E-state index in [1.807, 2.05) is 12.1 Å². The minimum atomic E-state index is 0.888. The maximum Gasteiger partial charge on any atom is 0.159 e. The molecule has 11 aromatic carbocycles. The molecule has 0 amide bonds. The molecule has 4 aromatic heterocycles. The predicted octanol–water partition coefficient (Wildman–Crippen LogP) is 17.3. The van der Waals surface area contributed by atoms with Crippen molar-refractivity contribution < 1.29 is 8.83 Å². The highest BCUT2D eigenvalue weighted by atomic mass is 16.3. The van der Waals surface area contributed by atoms with E-state index in [4.69, 9.17) is 8.83 Å². The quantitative estimate of drug-likeness (QED) is 0.177. The fourth-order valence-corrected chi connectivity index (χ4v) is 11.1. The Morgan fingerprint density at radius 2 is 0.742 bits per heavy atom. The van der Waals surface area contributed by atoms with Gasteiger partial charge in [0, 0.05) is 54.0 Å². The van der Waals surface area contributed by atoms with Crippen molar-refractivity contribution in [1.82, 2.24) is 9.13 Å².